The average Bonchev–Trinajstić information content (AvgIpc) is 3.72. The molecule has 0 spiro atoms. The van der Waals surface area contributed by atoms with Crippen LogP contribution in [0, 0.1) is 17.0 Å². The van der Waals surface area contributed by atoms with E-state index < -0.39 is 64.5 Å². The van der Waals surface area contributed by atoms with Crippen LogP contribution < -0.4 is 0 Å². The monoisotopic (exact) mass is 735 g/mol. The molecule has 4 atom stereocenters. The van der Waals surface area contributed by atoms with Gasteiger partial charge in [-0.15, -0.1) is 0 Å². The van der Waals surface area contributed by atoms with E-state index in [-0.39, 0.29) is 33.5 Å². The molecule has 54 heavy (non-hydrogen) atoms. The second-order valence-corrected chi connectivity index (χ2v) is 12.5. The number of carbonyl (C=O) groups excluding carboxylic acids is 6. The fourth-order valence-electron chi connectivity index (χ4n) is 7.05. The molecule has 0 amide bonds. The Bertz CT molecular complexity index is 2190. The molecule has 0 radical (unpaired) electrons. The van der Waals surface area contributed by atoms with Gasteiger partial charge in [-0.05, 0) is 54.5 Å². The van der Waals surface area contributed by atoms with E-state index in [4.69, 9.17) is 18.9 Å². The van der Waals surface area contributed by atoms with E-state index in [9.17, 15) is 38.9 Å². The van der Waals surface area contributed by atoms with E-state index in [0.717, 1.165) is 46.1 Å². The van der Waals surface area contributed by atoms with Gasteiger partial charge in [-0.25, -0.2) is 19.2 Å². The van der Waals surface area contributed by atoms with Crippen LogP contribution in [0.1, 0.15) is 26.3 Å². The normalized spacial score (nSPS) is 21.1. The van der Waals surface area contributed by atoms with E-state index in [1.165, 1.54) is 23.2 Å². The highest BCUT2D eigenvalue weighted by molar-refractivity contribution is 6.14. The van der Waals surface area contributed by atoms with Gasteiger partial charge in [0.1, 0.15) is 12.1 Å². The zero-order valence-electron chi connectivity index (χ0n) is 29.6. The van der Waals surface area contributed by atoms with Crippen molar-refractivity contribution in [1.82, 2.24) is 9.80 Å². The van der Waals surface area contributed by atoms with Crippen molar-refractivity contribution < 1.29 is 52.6 Å². The molecule has 15 heteroatoms. The number of hydrogen-bond acceptors (Lipinski definition) is 14. The van der Waals surface area contributed by atoms with E-state index in [2.05, 4.69) is 0 Å². The Hall–Kier alpha value is -6.90. The van der Waals surface area contributed by atoms with Crippen LogP contribution in [0.4, 0.5) is 5.69 Å². The number of allylic oxidation sites excluding steroid dienone is 4. The van der Waals surface area contributed by atoms with E-state index in [0.29, 0.717) is 16.7 Å². The predicted molar refractivity (Wildman–Crippen MR) is 188 cm³/mol. The molecule has 0 saturated carbocycles. The number of ether oxygens (including phenoxy) is 4. The summed E-state index contributed by atoms with van der Waals surface area (Å²) in [7, 11) is 4.52. The van der Waals surface area contributed by atoms with Crippen molar-refractivity contribution in [2.45, 2.75) is 31.1 Å². The number of non-ortho nitro benzene ring substituents is 1. The number of carbonyl (C=O) groups is 6. The zero-order valence-corrected chi connectivity index (χ0v) is 29.6. The zero-order chi connectivity index (χ0) is 39.0. The Morgan fingerprint density at radius 2 is 0.926 bits per heavy atom. The first-order valence-corrected chi connectivity index (χ1v) is 16.4. The van der Waals surface area contributed by atoms with Crippen LogP contribution in [-0.2, 0) is 38.1 Å². The summed E-state index contributed by atoms with van der Waals surface area (Å²) < 4.78 is 20.2. The van der Waals surface area contributed by atoms with Crippen LogP contribution in [-0.4, -0.2) is 103 Å². The summed E-state index contributed by atoms with van der Waals surface area (Å²) in [5, 5.41) is 11.2. The number of nitro benzene ring substituents is 1. The lowest BCUT2D eigenvalue weighted by molar-refractivity contribution is -0.384. The molecule has 0 bridgehead atoms. The van der Waals surface area contributed by atoms with E-state index in [1.807, 2.05) is 6.92 Å². The Labute approximate surface area is 308 Å². The summed E-state index contributed by atoms with van der Waals surface area (Å²) in [5.74, 6) is -4.69. The number of esters is 4. The minimum atomic E-state index is -1.38. The number of nitrogens with zero attached hydrogens (tertiary/aromatic N) is 3. The van der Waals surface area contributed by atoms with Gasteiger partial charge < -0.3 is 28.7 Å². The van der Waals surface area contributed by atoms with Crippen molar-refractivity contribution in [1.29, 1.82) is 0 Å². The summed E-state index contributed by atoms with van der Waals surface area (Å²) in [6.07, 6.45) is 9.65. The molecule has 0 aliphatic carbocycles. The summed E-state index contributed by atoms with van der Waals surface area (Å²) >= 11 is 0. The third-order valence-corrected chi connectivity index (χ3v) is 9.63. The lowest BCUT2D eigenvalue weighted by Gasteiger charge is -2.34. The van der Waals surface area contributed by atoms with Crippen molar-refractivity contribution in [3.05, 3.63) is 145 Å². The molecule has 4 aliphatic heterocycles. The molecule has 4 aliphatic rings. The minimum absolute atomic E-state index is 0.0394. The number of rotatable bonds is 10. The first kappa shape index (κ1) is 36.9. The van der Waals surface area contributed by atoms with Gasteiger partial charge in [0.25, 0.3) is 5.69 Å². The number of benzene rings is 2. The predicted octanol–water partition coefficient (Wildman–Crippen LogP) is 3.27. The number of aryl methyl sites for hydroxylation is 1. The molecule has 0 N–H and O–H groups in total. The van der Waals surface area contributed by atoms with Crippen molar-refractivity contribution in [3.63, 3.8) is 0 Å². The van der Waals surface area contributed by atoms with Crippen molar-refractivity contribution >= 4 is 41.1 Å². The van der Waals surface area contributed by atoms with Crippen LogP contribution in [0.2, 0.25) is 0 Å². The second kappa shape index (κ2) is 14.6. The molecular weight excluding hydrogens is 702 g/mol. The summed E-state index contributed by atoms with van der Waals surface area (Å²) in [6.45, 7) is 1.87. The molecule has 276 valence electrons. The molecular formula is C39H33N3O12. The highest BCUT2D eigenvalue weighted by Gasteiger charge is 2.51. The lowest BCUT2D eigenvalue weighted by atomic mass is 9.92. The molecule has 2 aromatic carbocycles. The molecule has 2 aromatic rings. The number of ketones is 2. The molecule has 0 saturated heterocycles. The third kappa shape index (κ3) is 6.18. The Balaban J connectivity index is 1.44. The third-order valence-electron chi connectivity index (χ3n) is 9.63. The lowest BCUT2D eigenvalue weighted by Crippen LogP contribution is -2.42. The van der Waals surface area contributed by atoms with Gasteiger partial charge in [-0.3, -0.25) is 19.7 Å². The molecule has 4 unspecified atom stereocenters. The number of methoxy groups -OCH3 is 4. The van der Waals surface area contributed by atoms with E-state index in [1.54, 1.807) is 59.7 Å². The fourth-order valence-corrected chi connectivity index (χ4v) is 7.05. The first-order chi connectivity index (χ1) is 25.9. The van der Waals surface area contributed by atoms with Crippen LogP contribution in [0.25, 0.3) is 0 Å². The minimum Gasteiger partial charge on any atom is -0.466 e. The molecule has 0 aromatic heterocycles. The van der Waals surface area contributed by atoms with Gasteiger partial charge in [-0.1, -0.05) is 29.8 Å². The Kier molecular flexibility index (Phi) is 9.98. The smallest absolute Gasteiger partial charge is 0.336 e. The topological polar surface area (TPSA) is 189 Å². The van der Waals surface area contributed by atoms with Crippen LogP contribution in [0.5, 0.6) is 0 Å². The summed E-state index contributed by atoms with van der Waals surface area (Å²) in [5.41, 5.74) is 1.28. The summed E-state index contributed by atoms with van der Waals surface area (Å²) in [4.78, 5) is 95.0. The maximum atomic E-state index is 14.0. The number of nitro groups is 1. The van der Waals surface area contributed by atoms with Gasteiger partial charge in [0, 0.05) is 35.7 Å². The van der Waals surface area contributed by atoms with Crippen molar-refractivity contribution in [3.8, 4) is 0 Å². The fraction of sp³-hybridized carbons (Fsp3) is 0.231. The van der Waals surface area contributed by atoms with Gasteiger partial charge >= 0.3 is 23.9 Å². The largest absolute Gasteiger partial charge is 0.466 e. The second-order valence-electron chi connectivity index (χ2n) is 12.5. The van der Waals surface area contributed by atoms with Crippen LogP contribution >= 0.6 is 0 Å². The molecule has 4 heterocycles. The maximum Gasteiger partial charge on any atom is 0.336 e. The quantitative estimate of drug-likeness (QED) is 0.114. The number of Topliss-reactive ketones (excluding diaryl/α,β-unsaturated/α-hetero) is 2. The maximum absolute atomic E-state index is 14.0. The van der Waals surface area contributed by atoms with Gasteiger partial charge in [0.05, 0.1) is 67.7 Å². The first-order valence-electron chi connectivity index (χ1n) is 16.4. The van der Waals surface area contributed by atoms with Gasteiger partial charge in [0.15, 0.2) is 11.6 Å². The number of hydrogen-bond donors (Lipinski definition) is 0. The van der Waals surface area contributed by atoms with E-state index >= 15 is 0 Å². The molecule has 0 fully saturated rings. The molecule has 15 nitrogen and oxygen atoms in total. The van der Waals surface area contributed by atoms with Crippen molar-refractivity contribution in [2.24, 2.45) is 0 Å². The van der Waals surface area contributed by atoms with Crippen LogP contribution in [0.3, 0.4) is 0 Å². The highest BCUT2D eigenvalue weighted by Crippen LogP contribution is 2.42. The standard InChI is InChI=1S/C39H33N3O12/c1-20-6-8-21(9-7-20)34(43)32-30(38(47)53-4)28(36(45)51-2)26-18-23(14-16-40(26)32)24-15-17-41-27(19-24)29(37(46)52-3)31(39(48)54-5)33(41)35(44)22-10-12-25(13-11-22)42(49)50/h6-19,26-27,32-33H,1-5H3. The number of fused-ring (bicyclic) bond motifs is 2. The Morgan fingerprint density at radius 3 is 1.28 bits per heavy atom. The summed E-state index contributed by atoms with van der Waals surface area (Å²) in [6, 6.07) is 6.98. The van der Waals surface area contributed by atoms with Crippen LogP contribution in [0.15, 0.2) is 119 Å². The Morgan fingerprint density at radius 1 is 0.574 bits per heavy atom. The average molecular weight is 736 g/mol. The highest BCUT2D eigenvalue weighted by atomic mass is 16.6. The van der Waals surface area contributed by atoms with Gasteiger partial charge in [-0.2, -0.15) is 0 Å². The van der Waals surface area contributed by atoms with Gasteiger partial charge in [0.2, 0.25) is 0 Å². The SMILES string of the molecule is COC(=O)C1=C(C(=O)OC)C(C(=O)c2ccc(C)cc2)N2C=CC(C3=CC4C(C(=O)OC)=C(C(=O)OC)C(C(=O)c5ccc([N+](=O)[O-])cc5)N4C=C3)=CC12. The van der Waals surface area contributed by atoms with Crippen molar-refractivity contribution in [2.75, 3.05) is 28.4 Å². The molecule has 6 rings (SSSR count).